The standard InChI is InChI=1S/C23H31NO3/c1-15(2)21-12-7-17(5)13-22(21)27-18(6)23(25)24-14-19-8-10-20(11-9-19)26-16(3)4/h7-13,15-16,18H,14H2,1-6H3,(H,24,25)/t18-/m0/s1. The van der Waals surface area contributed by atoms with E-state index in [4.69, 9.17) is 9.47 Å². The second-order valence-electron chi connectivity index (χ2n) is 7.48. The highest BCUT2D eigenvalue weighted by molar-refractivity contribution is 5.80. The van der Waals surface area contributed by atoms with Gasteiger partial charge in [-0.05, 0) is 68.5 Å². The molecule has 0 bridgehead atoms. The molecule has 2 aromatic carbocycles. The molecule has 0 aromatic heterocycles. The van der Waals surface area contributed by atoms with E-state index in [1.807, 2.05) is 51.1 Å². The molecule has 0 radical (unpaired) electrons. The third kappa shape index (κ3) is 6.31. The highest BCUT2D eigenvalue weighted by Gasteiger charge is 2.17. The van der Waals surface area contributed by atoms with Crippen LogP contribution in [0.25, 0.3) is 0 Å². The smallest absolute Gasteiger partial charge is 0.261 e. The van der Waals surface area contributed by atoms with Gasteiger partial charge in [-0.3, -0.25) is 4.79 Å². The van der Waals surface area contributed by atoms with E-state index < -0.39 is 6.10 Å². The molecule has 0 saturated carbocycles. The van der Waals surface area contributed by atoms with Crippen molar-refractivity contribution in [3.8, 4) is 11.5 Å². The van der Waals surface area contributed by atoms with Gasteiger partial charge in [-0.25, -0.2) is 0 Å². The lowest BCUT2D eigenvalue weighted by Crippen LogP contribution is -2.36. The molecular weight excluding hydrogens is 338 g/mol. The van der Waals surface area contributed by atoms with E-state index >= 15 is 0 Å². The van der Waals surface area contributed by atoms with Crippen molar-refractivity contribution in [1.82, 2.24) is 5.32 Å². The van der Waals surface area contributed by atoms with Crippen LogP contribution in [0.5, 0.6) is 11.5 Å². The zero-order chi connectivity index (χ0) is 20.0. The fraction of sp³-hybridized carbons (Fsp3) is 0.435. The fourth-order valence-corrected chi connectivity index (χ4v) is 2.76. The van der Waals surface area contributed by atoms with Gasteiger partial charge in [0.2, 0.25) is 0 Å². The van der Waals surface area contributed by atoms with Gasteiger partial charge in [0.1, 0.15) is 11.5 Å². The average Bonchev–Trinajstić information content (AvgIpc) is 2.60. The minimum atomic E-state index is -0.562. The molecule has 0 aliphatic heterocycles. The fourth-order valence-electron chi connectivity index (χ4n) is 2.76. The Morgan fingerprint density at radius 3 is 2.22 bits per heavy atom. The van der Waals surface area contributed by atoms with Crippen LogP contribution in [-0.4, -0.2) is 18.1 Å². The summed E-state index contributed by atoms with van der Waals surface area (Å²) in [5.74, 6) is 1.82. The Balaban J connectivity index is 1.93. The maximum absolute atomic E-state index is 12.4. The number of nitrogens with one attached hydrogen (secondary N) is 1. The third-order valence-corrected chi connectivity index (χ3v) is 4.23. The van der Waals surface area contributed by atoms with Crippen molar-refractivity contribution in [3.63, 3.8) is 0 Å². The molecule has 4 heteroatoms. The summed E-state index contributed by atoms with van der Waals surface area (Å²) in [6.45, 7) is 12.5. The van der Waals surface area contributed by atoms with Crippen molar-refractivity contribution >= 4 is 5.91 Å². The van der Waals surface area contributed by atoms with Gasteiger partial charge < -0.3 is 14.8 Å². The Hall–Kier alpha value is -2.49. The lowest BCUT2D eigenvalue weighted by Gasteiger charge is -2.19. The molecule has 0 saturated heterocycles. The van der Waals surface area contributed by atoms with E-state index in [1.165, 1.54) is 0 Å². The van der Waals surface area contributed by atoms with Gasteiger partial charge in [-0.2, -0.15) is 0 Å². The molecule has 0 aliphatic carbocycles. The van der Waals surface area contributed by atoms with Crippen LogP contribution in [0.2, 0.25) is 0 Å². The number of amides is 1. The summed E-state index contributed by atoms with van der Waals surface area (Å²) in [7, 11) is 0. The molecule has 0 aliphatic rings. The van der Waals surface area contributed by atoms with Crippen LogP contribution in [0.1, 0.15) is 57.2 Å². The van der Waals surface area contributed by atoms with E-state index in [0.29, 0.717) is 12.5 Å². The van der Waals surface area contributed by atoms with Crippen molar-refractivity contribution in [2.75, 3.05) is 0 Å². The Kier molecular flexibility index (Phi) is 7.28. The van der Waals surface area contributed by atoms with Crippen molar-refractivity contribution in [2.24, 2.45) is 0 Å². The van der Waals surface area contributed by atoms with Crippen LogP contribution in [0.3, 0.4) is 0 Å². The topological polar surface area (TPSA) is 47.6 Å². The van der Waals surface area contributed by atoms with Crippen LogP contribution in [-0.2, 0) is 11.3 Å². The molecule has 1 amide bonds. The average molecular weight is 370 g/mol. The van der Waals surface area contributed by atoms with E-state index in [9.17, 15) is 4.79 Å². The molecular formula is C23H31NO3. The van der Waals surface area contributed by atoms with Crippen molar-refractivity contribution in [2.45, 2.75) is 66.2 Å². The molecule has 2 rings (SSSR count). The first-order chi connectivity index (χ1) is 12.8. The van der Waals surface area contributed by atoms with E-state index in [-0.39, 0.29) is 12.0 Å². The molecule has 4 nitrogen and oxygen atoms in total. The van der Waals surface area contributed by atoms with E-state index in [0.717, 1.165) is 28.2 Å². The molecule has 1 atom stereocenters. The molecule has 0 spiro atoms. The van der Waals surface area contributed by atoms with Crippen molar-refractivity contribution in [1.29, 1.82) is 0 Å². The SMILES string of the molecule is Cc1ccc(C(C)C)c(O[C@@H](C)C(=O)NCc2ccc(OC(C)C)cc2)c1. The Morgan fingerprint density at radius 2 is 1.63 bits per heavy atom. The Labute approximate surface area is 162 Å². The summed E-state index contributed by atoms with van der Waals surface area (Å²) < 4.78 is 11.6. The largest absolute Gasteiger partial charge is 0.491 e. The van der Waals surface area contributed by atoms with Crippen molar-refractivity contribution < 1.29 is 14.3 Å². The number of aryl methyl sites for hydroxylation is 1. The maximum Gasteiger partial charge on any atom is 0.261 e. The summed E-state index contributed by atoms with van der Waals surface area (Å²) in [6, 6.07) is 13.9. The lowest BCUT2D eigenvalue weighted by atomic mass is 10.0. The summed E-state index contributed by atoms with van der Waals surface area (Å²) >= 11 is 0. The second kappa shape index (κ2) is 9.45. The minimum absolute atomic E-state index is 0.131. The summed E-state index contributed by atoms with van der Waals surface area (Å²) in [5, 5.41) is 2.94. The zero-order valence-electron chi connectivity index (χ0n) is 17.2. The molecule has 146 valence electrons. The number of rotatable bonds is 8. The van der Waals surface area contributed by atoms with E-state index in [2.05, 4.69) is 31.3 Å². The predicted octanol–water partition coefficient (Wildman–Crippen LogP) is 4.99. The van der Waals surface area contributed by atoms with Gasteiger partial charge in [-0.15, -0.1) is 0 Å². The molecule has 27 heavy (non-hydrogen) atoms. The Bertz CT molecular complexity index is 751. The number of hydrogen-bond acceptors (Lipinski definition) is 3. The number of hydrogen-bond donors (Lipinski definition) is 1. The third-order valence-electron chi connectivity index (χ3n) is 4.23. The first-order valence-corrected chi connectivity index (χ1v) is 9.56. The molecule has 0 fully saturated rings. The van der Waals surface area contributed by atoms with Crippen LogP contribution >= 0.6 is 0 Å². The first-order valence-electron chi connectivity index (χ1n) is 9.56. The lowest BCUT2D eigenvalue weighted by molar-refractivity contribution is -0.127. The van der Waals surface area contributed by atoms with Crippen LogP contribution in [0.4, 0.5) is 0 Å². The summed E-state index contributed by atoms with van der Waals surface area (Å²) in [4.78, 5) is 12.4. The predicted molar refractivity (Wildman–Crippen MR) is 109 cm³/mol. The van der Waals surface area contributed by atoms with Crippen LogP contribution in [0, 0.1) is 6.92 Å². The highest BCUT2D eigenvalue weighted by Crippen LogP contribution is 2.28. The van der Waals surface area contributed by atoms with Gasteiger partial charge in [0.25, 0.3) is 5.91 Å². The Morgan fingerprint density at radius 1 is 0.963 bits per heavy atom. The number of carbonyl (C=O) groups excluding carboxylic acids is 1. The molecule has 2 aromatic rings. The number of carbonyl (C=O) groups is 1. The van der Waals surface area contributed by atoms with Crippen LogP contribution in [0.15, 0.2) is 42.5 Å². The number of benzene rings is 2. The van der Waals surface area contributed by atoms with Gasteiger partial charge in [0.05, 0.1) is 6.10 Å². The monoisotopic (exact) mass is 369 g/mol. The van der Waals surface area contributed by atoms with Gasteiger partial charge in [-0.1, -0.05) is 38.1 Å². The minimum Gasteiger partial charge on any atom is -0.491 e. The number of ether oxygens (including phenoxy) is 2. The highest BCUT2D eigenvalue weighted by atomic mass is 16.5. The first kappa shape index (κ1) is 20.8. The molecule has 0 unspecified atom stereocenters. The molecule has 1 N–H and O–H groups in total. The van der Waals surface area contributed by atoms with E-state index in [1.54, 1.807) is 6.92 Å². The summed E-state index contributed by atoms with van der Waals surface area (Å²) in [6.07, 6.45) is -0.418. The van der Waals surface area contributed by atoms with Gasteiger partial charge in [0.15, 0.2) is 6.10 Å². The quantitative estimate of drug-likeness (QED) is 0.713. The zero-order valence-corrected chi connectivity index (χ0v) is 17.2. The summed E-state index contributed by atoms with van der Waals surface area (Å²) in [5.41, 5.74) is 3.25. The molecule has 0 heterocycles. The van der Waals surface area contributed by atoms with Gasteiger partial charge >= 0.3 is 0 Å². The normalized spacial score (nSPS) is 12.1. The maximum atomic E-state index is 12.4. The van der Waals surface area contributed by atoms with Crippen molar-refractivity contribution in [3.05, 3.63) is 59.2 Å². The van der Waals surface area contributed by atoms with Gasteiger partial charge in [0, 0.05) is 6.54 Å². The van der Waals surface area contributed by atoms with Crippen LogP contribution < -0.4 is 14.8 Å². The second-order valence-corrected chi connectivity index (χ2v) is 7.48.